The van der Waals surface area contributed by atoms with E-state index in [4.69, 9.17) is 5.73 Å². The maximum Gasteiger partial charge on any atom is 0.281 e. The fraction of sp³-hybridized carbons (Fsp3) is 0.421. The molecule has 1 aliphatic rings. The number of nitrogens with zero attached hydrogens (tertiary/aromatic N) is 3. The molecule has 174 valence electrons. The van der Waals surface area contributed by atoms with Gasteiger partial charge in [0.2, 0.25) is 0 Å². The number of aliphatic imine (C=N–C) groups is 1. The molecule has 2 heterocycles. The predicted molar refractivity (Wildman–Crippen MR) is 109 cm³/mol. The Kier molecular flexibility index (Phi) is 5.93. The van der Waals surface area contributed by atoms with Gasteiger partial charge in [0, 0.05) is 17.3 Å². The topological polar surface area (TPSA) is 131 Å². The number of anilines is 1. The Morgan fingerprint density at radius 1 is 1.12 bits per heavy atom. The number of alkyl halides is 2. The lowest BCUT2D eigenvalue weighted by Crippen LogP contribution is -2.55. The standard InChI is InChI=1S/C19H21F4N5O3S/c1-18(2)17(24)28-19(3,8-32(18,30)31)10-4-9(5-11(20)14(10)21)27-16(29)13-7-25-12(6-26-13)15(22)23/h4-7,15-16,27,29H,8H2,1-3H3,(H2,24,28)/t16?,19-/m0/s1. The molecule has 0 aliphatic carbocycles. The van der Waals surface area contributed by atoms with Gasteiger partial charge in [-0.25, -0.2) is 26.0 Å². The average Bonchev–Trinajstić information content (AvgIpc) is 2.68. The average molecular weight is 475 g/mol. The zero-order valence-electron chi connectivity index (χ0n) is 17.3. The van der Waals surface area contributed by atoms with E-state index in [0.717, 1.165) is 24.5 Å². The van der Waals surface area contributed by atoms with Crippen LogP contribution in [0.5, 0.6) is 0 Å². The zero-order valence-corrected chi connectivity index (χ0v) is 18.1. The van der Waals surface area contributed by atoms with Gasteiger partial charge in [0.05, 0.1) is 18.1 Å². The molecule has 1 aliphatic heterocycles. The number of rotatable bonds is 5. The molecule has 1 aromatic heterocycles. The minimum absolute atomic E-state index is 0.136. The smallest absolute Gasteiger partial charge is 0.281 e. The van der Waals surface area contributed by atoms with E-state index in [1.165, 1.54) is 20.8 Å². The normalized spacial score (nSPS) is 23.0. The van der Waals surface area contributed by atoms with E-state index in [1.54, 1.807) is 0 Å². The molecular formula is C19H21F4N5O3S. The predicted octanol–water partition coefficient (Wildman–Crippen LogP) is 2.57. The highest BCUT2D eigenvalue weighted by atomic mass is 32.2. The molecule has 0 fully saturated rings. The van der Waals surface area contributed by atoms with Crippen LogP contribution in [0.25, 0.3) is 0 Å². The van der Waals surface area contributed by atoms with Gasteiger partial charge < -0.3 is 16.2 Å². The summed E-state index contributed by atoms with van der Waals surface area (Å²) in [5.74, 6) is -3.52. The number of amidine groups is 1. The van der Waals surface area contributed by atoms with Crippen molar-refractivity contribution in [1.82, 2.24) is 9.97 Å². The molecule has 0 saturated carbocycles. The van der Waals surface area contributed by atoms with Crippen molar-refractivity contribution >= 4 is 21.4 Å². The first kappa shape index (κ1) is 23.9. The summed E-state index contributed by atoms with van der Waals surface area (Å²) < 4.78 is 78.2. The van der Waals surface area contributed by atoms with Gasteiger partial charge >= 0.3 is 0 Å². The van der Waals surface area contributed by atoms with Gasteiger partial charge in [-0.15, -0.1) is 0 Å². The second-order valence-corrected chi connectivity index (χ2v) is 10.6. The van der Waals surface area contributed by atoms with Gasteiger partial charge in [0.25, 0.3) is 6.43 Å². The molecular weight excluding hydrogens is 454 g/mol. The molecule has 32 heavy (non-hydrogen) atoms. The van der Waals surface area contributed by atoms with Gasteiger partial charge in [-0.05, 0) is 26.8 Å². The van der Waals surface area contributed by atoms with Crippen LogP contribution in [0.1, 0.15) is 50.4 Å². The van der Waals surface area contributed by atoms with Crippen LogP contribution >= 0.6 is 0 Å². The lowest BCUT2D eigenvalue weighted by molar-refractivity contribution is 0.144. The quantitative estimate of drug-likeness (QED) is 0.448. The van der Waals surface area contributed by atoms with Crippen molar-refractivity contribution < 1.29 is 31.1 Å². The highest BCUT2D eigenvalue weighted by molar-refractivity contribution is 7.93. The number of hydrogen-bond donors (Lipinski definition) is 3. The third-order valence-corrected chi connectivity index (χ3v) is 8.05. The van der Waals surface area contributed by atoms with Crippen LogP contribution in [0.3, 0.4) is 0 Å². The fourth-order valence-corrected chi connectivity index (χ4v) is 4.86. The summed E-state index contributed by atoms with van der Waals surface area (Å²) in [4.78, 5) is 11.3. The lowest BCUT2D eigenvalue weighted by Gasteiger charge is -2.38. The van der Waals surface area contributed by atoms with Crippen LogP contribution in [0.4, 0.5) is 23.2 Å². The van der Waals surface area contributed by atoms with E-state index in [-0.39, 0.29) is 17.2 Å². The molecule has 0 bridgehead atoms. The third kappa shape index (κ3) is 4.13. The van der Waals surface area contributed by atoms with E-state index < -0.39 is 61.4 Å². The molecule has 3 rings (SSSR count). The summed E-state index contributed by atoms with van der Waals surface area (Å²) in [6.07, 6.45) is -2.78. The molecule has 0 spiro atoms. The maximum atomic E-state index is 14.7. The molecule has 4 N–H and O–H groups in total. The Morgan fingerprint density at radius 3 is 2.25 bits per heavy atom. The van der Waals surface area contributed by atoms with Crippen molar-refractivity contribution in [3.05, 3.63) is 53.1 Å². The van der Waals surface area contributed by atoms with Crippen molar-refractivity contribution in [2.24, 2.45) is 10.7 Å². The SMILES string of the molecule is CC1(C)C(N)=N[C@](C)(c2cc(NC(O)c3cnc(C(F)F)cn3)cc(F)c2F)CS1(=O)=O. The van der Waals surface area contributed by atoms with Gasteiger partial charge in [0.1, 0.15) is 27.5 Å². The van der Waals surface area contributed by atoms with E-state index >= 15 is 0 Å². The number of aromatic nitrogens is 2. The first-order valence-electron chi connectivity index (χ1n) is 9.30. The highest BCUT2D eigenvalue weighted by Gasteiger charge is 2.49. The molecule has 0 saturated heterocycles. The van der Waals surface area contributed by atoms with E-state index in [9.17, 15) is 31.1 Å². The van der Waals surface area contributed by atoms with Crippen LogP contribution in [-0.4, -0.2) is 39.8 Å². The molecule has 2 atom stereocenters. The van der Waals surface area contributed by atoms with Gasteiger partial charge in [-0.3, -0.25) is 15.0 Å². The van der Waals surface area contributed by atoms with Crippen molar-refractivity contribution in [2.75, 3.05) is 11.1 Å². The van der Waals surface area contributed by atoms with Gasteiger partial charge in [-0.2, -0.15) is 0 Å². The van der Waals surface area contributed by atoms with Crippen molar-refractivity contribution in [1.29, 1.82) is 0 Å². The first-order chi connectivity index (χ1) is 14.7. The highest BCUT2D eigenvalue weighted by Crippen LogP contribution is 2.39. The van der Waals surface area contributed by atoms with Crippen molar-refractivity contribution in [3.8, 4) is 0 Å². The van der Waals surface area contributed by atoms with Crippen LogP contribution in [0.2, 0.25) is 0 Å². The number of benzene rings is 1. The van der Waals surface area contributed by atoms with E-state index in [2.05, 4.69) is 20.3 Å². The van der Waals surface area contributed by atoms with Crippen molar-refractivity contribution in [2.45, 2.75) is 43.7 Å². The summed E-state index contributed by atoms with van der Waals surface area (Å²) in [6, 6.07) is 1.83. The van der Waals surface area contributed by atoms with Crippen molar-refractivity contribution in [3.63, 3.8) is 0 Å². The number of aliphatic hydroxyl groups is 1. The number of aliphatic hydroxyl groups excluding tert-OH is 1. The Labute approximate surface area is 181 Å². The molecule has 0 amide bonds. The number of hydrogen-bond acceptors (Lipinski definition) is 8. The maximum absolute atomic E-state index is 14.7. The van der Waals surface area contributed by atoms with Crippen LogP contribution < -0.4 is 11.1 Å². The largest absolute Gasteiger partial charge is 0.386 e. The summed E-state index contributed by atoms with van der Waals surface area (Å²) >= 11 is 0. The molecule has 8 nitrogen and oxygen atoms in total. The van der Waals surface area contributed by atoms with Crippen LogP contribution in [-0.2, 0) is 15.4 Å². The van der Waals surface area contributed by atoms with E-state index in [0.29, 0.717) is 0 Å². The number of nitrogens with two attached hydrogens (primary N) is 1. The van der Waals surface area contributed by atoms with E-state index in [1.807, 2.05) is 0 Å². The molecule has 13 heteroatoms. The Morgan fingerprint density at radius 2 is 1.72 bits per heavy atom. The molecule has 2 aromatic rings. The minimum Gasteiger partial charge on any atom is -0.386 e. The summed E-state index contributed by atoms with van der Waals surface area (Å²) in [5, 5.41) is 12.7. The summed E-state index contributed by atoms with van der Waals surface area (Å²) in [5.41, 5.74) is 2.83. The summed E-state index contributed by atoms with van der Waals surface area (Å²) in [6.45, 7) is 4.04. The Hall–Kier alpha value is -2.80. The van der Waals surface area contributed by atoms with Gasteiger partial charge in [0.15, 0.2) is 27.7 Å². The van der Waals surface area contributed by atoms with Gasteiger partial charge in [-0.1, -0.05) is 0 Å². The third-order valence-electron chi connectivity index (χ3n) is 5.34. The first-order valence-corrected chi connectivity index (χ1v) is 11.0. The molecule has 0 radical (unpaired) electrons. The number of nitrogens with one attached hydrogen (secondary N) is 1. The second kappa shape index (κ2) is 7.96. The van der Waals surface area contributed by atoms with Crippen LogP contribution in [0, 0.1) is 11.6 Å². The number of sulfone groups is 1. The van der Waals surface area contributed by atoms with Crippen LogP contribution in [0.15, 0.2) is 29.5 Å². The molecule has 1 unspecified atom stereocenters. The Bertz CT molecular complexity index is 1170. The Balaban J connectivity index is 1.99. The lowest BCUT2D eigenvalue weighted by atomic mass is 9.92. The second-order valence-electron chi connectivity index (χ2n) is 8.07. The molecule has 1 aromatic carbocycles. The minimum atomic E-state index is -3.88. The number of halogens is 4. The summed E-state index contributed by atoms with van der Waals surface area (Å²) in [7, 11) is -3.88. The fourth-order valence-electron chi connectivity index (χ4n) is 3.18. The monoisotopic (exact) mass is 475 g/mol. The zero-order chi connectivity index (χ0) is 24.1.